The number of amidine groups is 1. The van der Waals surface area contributed by atoms with Crippen LogP contribution >= 0.6 is 0 Å². The maximum Gasteiger partial charge on any atom is 0.230 e. The molecule has 0 N–H and O–H groups in total. The number of nitrogens with zero attached hydrogens (tertiary/aromatic N) is 3. The Morgan fingerprint density at radius 3 is 2.44 bits per heavy atom. The van der Waals surface area contributed by atoms with Gasteiger partial charge in [-0.1, -0.05) is 49.4 Å². The first-order chi connectivity index (χ1) is 16.7. The van der Waals surface area contributed by atoms with Crippen molar-refractivity contribution in [3.05, 3.63) is 83.9 Å². The van der Waals surface area contributed by atoms with E-state index in [2.05, 4.69) is 11.8 Å². The summed E-state index contributed by atoms with van der Waals surface area (Å²) in [6.45, 7) is 4.79. The molecule has 1 atom stereocenters. The highest BCUT2D eigenvalue weighted by atomic mass is 16.5. The summed E-state index contributed by atoms with van der Waals surface area (Å²) >= 11 is 0. The third kappa shape index (κ3) is 4.23. The van der Waals surface area contributed by atoms with Crippen LogP contribution < -0.4 is 9.47 Å². The molecule has 2 aliphatic heterocycles. The molecular weight excluding hydrogens is 426 g/mol. The first-order valence-electron chi connectivity index (χ1n) is 11.8. The molecule has 3 aromatic carbocycles. The summed E-state index contributed by atoms with van der Waals surface area (Å²) in [4.78, 5) is 22.6. The second-order valence-electron chi connectivity index (χ2n) is 8.55. The highest BCUT2D eigenvalue weighted by Gasteiger charge is 2.30. The number of carbonyl (C=O) groups excluding carboxylic acids is 1. The summed E-state index contributed by atoms with van der Waals surface area (Å²) in [5, 5.41) is 0. The molecule has 0 aliphatic carbocycles. The van der Waals surface area contributed by atoms with Gasteiger partial charge in [0.25, 0.3) is 0 Å². The number of benzene rings is 3. The number of methoxy groups -OCH3 is 1. The quantitative estimate of drug-likeness (QED) is 0.541. The smallest absolute Gasteiger partial charge is 0.230 e. The lowest BCUT2D eigenvalue weighted by atomic mass is 9.94. The summed E-state index contributed by atoms with van der Waals surface area (Å²) in [7, 11) is 1.66. The second-order valence-corrected chi connectivity index (χ2v) is 8.55. The molecule has 0 aromatic heterocycles. The molecule has 0 unspecified atom stereocenters. The van der Waals surface area contributed by atoms with Crippen molar-refractivity contribution in [3.8, 4) is 17.2 Å². The van der Waals surface area contributed by atoms with Crippen molar-refractivity contribution in [2.24, 2.45) is 4.99 Å². The van der Waals surface area contributed by atoms with Crippen molar-refractivity contribution in [1.82, 2.24) is 9.80 Å². The number of piperazine rings is 1. The van der Waals surface area contributed by atoms with Crippen LogP contribution in [0.15, 0.2) is 77.8 Å². The zero-order valence-electron chi connectivity index (χ0n) is 19.6. The number of ether oxygens (including phenoxy) is 2. The number of para-hydroxylation sites is 2. The molecule has 1 amide bonds. The van der Waals surface area contributed by atoms with E-state index >= 15 is 0 Å². The molecule has 1 fully saturated rings. The lowest BCUT2D eigenvalue weighted by Gasteiger charge is -2.38. The van der Waals surface area contributed by atoms with E-state index in [0.29, 0.717) is 26.2 Å². The van der Waals surface area contributed by atoms with Gasteiger partial charge in [0.1, 0.15) is 23.0 Å². The van der Waals surface area contributed by atoms with Crippen LogP contribution in [0.1, 0.15) is 30.4 Å². The summed E-state index contributed by atoms with van der Waals surface area (Å²) in [6.07, 6.45) is 0.789. The number of amides is 1. The van der Waals surface area contributed by atoms with Crippen LogP contribution in [-0.4, -0.2) is 54.8 Å². The molecule has 0 radical (unpaired) electrons. The van der Waals surface area contributed by atoms with Crippen LogP contribution in [0, 0.1) is 0 Å². The van der Waals surface area contributed by atoms with E-state index in [-0.39, 0.29) is 11.8 Å². The summed E-state index contributed by atoms with van der Waals surface area (Å²) in [6, 6.07) is 23.7. The van der Waals surface area contributed by atoms with Crippen molar-refractivity contribution in [1.29, 1.82) is 0 Å². The topological polar surface area (TPSA) is 54.4 Å². The van der Waals surface area contributed by atoms with E-state index in [0.717, 1.165) is 46.3 Å². The highest BCUT2D eigenvalue weighted by molar-refractivity contribution is 6.04. The van der Waals surface area contributed by atoms with E-state index in [1.807, 2.05) is 77.7 Å². The fraction of sp³-hybridized carbons (Fsp3) is 0.286. The van der Waals surface area contributed by atoms with Crippen LogP contribution in [0.4, 0.5) is 5.69 Å². The number of aliphatic imine (C=N–C) groups is 1. The molecule has 6 heteroatoms. The van der Waals surface area contributed by atoms with Crippen molar-refractivity contribution < 1.29 is 14.3 Å². The molecular formula is C28H29N3O3. The third-order valence-electron chi connectivity index (χ3n) is 6.54. The Kier molecular flexibility index (Phi) is 6.21. The molecule has 174 valence electrons. The van der Waals surface area contributed by atoms with E-state index in [4.69, 9.17) is 14.5 Å². The van der Waals surface area contributed by atoms with Gasteiger partial charge in [-0.15, -0.1) is 0 Å². The summed E-state index contributed by atoms with van der Waals surface area (Å²) in [5.41, 5.74) is 2.77. The van der Waals surface area contributed by atoms with Gasteiger partial charge in [-0.2, -0.15) is 0 Å². The first kappa shape index (κ1) is 22.0. The minimum atomic E-state index is -0.103. The van der Waals surface area contributed by atoms with Crippen molar-refractivity contribution in [3.63, 3.8) is 0 Å². The van der Waals surface area contributed by atoms with Crippen molar-refractivity contribution in [2.75, 3.05) is 33.3 Å². The van der Waals surface area contributed by atoms with Gasteiger partial charge in [0.05, 0.1) is 18.6 Å². The summed E-state index contributed by atoms with van der Waals surface area (Å²) < 4.78 is 11.7. The molecule has 2 heterocycles. The minimum absolute atomic E-state index is 0.103. The average molecular weight is 456 g/mol. The average Bonchev–Trinajstić information content (AvgIpc) is 3.06. The van der Waals surface area contributed by atoms with Crippen LogP contribution in [0.2, 0.25) is 0 Å². The molecule has 0 saturated carbocycles. The molecule has 34 heavy (non-hydrogen) atoms. The predicted molar refractivity (Wildman–Crippen MR) is 133 cm³/mol. The molecule has 6 nitrogen and oxygen atoms in total. The van der Waals surface area contributed by atoms with Crippen LogP contribution in [0.5, 0.6) is 17.2 Å². The van der Waals surface area contributed by atoms with Gasteiger partial charge in [-0.3, -0.25) is 4.79 Å². The maximum absolute atomic E-state index is 13.4. The Labute approximate surface area is 200 Å². The zero-order valence-corrected chi connectivity index (χ0v) is 19.6. The van der Waals surface area contributed by atoms with E-state index < -0.39 is 0 Å². The van der Waals surface area contributed by atoms with E-state index in [1.54, 1.807) is 7.11 Å². The molecule has 5 rings (SSSR count). The summed E-state index contributed by atoms with van der Waals surface area (Å²) in [5.74, 6) is 3.18. The van der Waals surface area contributed by atoms with E-state index in [9.17, 15) is 4.79 Å². The standard InChI is InChI=1S/C28H29N3O3/c1-3-22(20-9-5-4-6-10-20)28(32)31-17-15-30(16-18-31)27-23-19-21(33-2)13-14-25(23)34-26-12-8-7-11-24(26)29-27/h4-14,19,22H,3,15-18H2,1-2H3/t22-/m0/s1. The number of fused-ring (bicyclic) bond motifs is 2. The molecule has 3 aromatic rings. The number of hydrogen-bond donors (Lipinski definition) is 0. The van der Waals surface area contributed by atoms with E-state index in [1.165, 1.54) is 0 Å². The lowest BCUT2D eigenvalue weighted by Crippen LogP contribution is -2.51. The number of carbonyl (C=O) groups is 1. The Morgan fingerprint density at radius 1 is 0.971 bits per heavy atom. The normalized spacial score (nSPS) is 15.9. The monoisotopic (exact) mass is 455 g/mol. The molecule has 0 spiro atoms. The van der Waals surface area contributed by atoms with Crippen LogP contribution in [0.25, 0.3) is 0 Å². The fourth-order valence-corrected chi connectivity index (χ4v) is 4.67. The van der Waals surface area contributed by atoms with Crippen LogP contribution in [-0.2, 0) is 4.79 Å². The predicted octanol–water partition coefficient (Wildman–Crippen LogP) is 5.22. The maximum atomic E-state index is 13.4. The van der Waals surface area contributed by atoms with Gasteiger partial charge < -0.3 is 19.3 Å². The fourth-order valence-electron chi connectivity index (χ4n) is 4.67. The van der Waals surface area contributed by atoms with Crippen LogP contribution in [0.3, 0.4) is 0 Å². The van der Waals surface area contributed by atoms with Gasteiger partial charge in [-0.05, 0) is 42.3 Å². The number of rotatable bonds is 4. The zero-order chi connectivity index (χ0) is 23.5. The Bertz CT molecular complexity index is 1200. The van der Waals surface area contributed by atoms with Gasteiger partial charge >= 0.3 is 0 Å². The van der Waals surface area contributed by atoms with Gasteiger partial charge in [0.15, 0.2) is 5.75 Å². The minimum Gasteiger partial charge on any atom is -0.497 e. The Hall–Kier alpha value is -3.80. The van der Waals surface area contributed by atoms with Gasteiger partial charge in [0, 0.05) is 26.2 Å². The van der Waals surface area contributed by atoms with Gasteiger partial charge in [0.2, 0.25) is 5.91 Å². The largest absolute Gasteiger partial charge is 0.497 e. The SMILES string of the molecule is CC[C@H](C(=O)N1CCN(C2=Nc3ccccc3Oc3ccc(OC)cc32)CC1)c1ccccc1. The highest BCUT2D eigenvalue weighted by Crippen LogP contribution is 2.39. The lowest BCUT2D eigenvalue weighted by molar-refractivity contribution is -0.134. The molecule has 0 bridgehead atoms. The second kappa shape index (κ2) is 9.59. The molecule has 1 saturated heterocycles. The first-order valence-corrected chi connectivity index (χ1v) is 11.8. The molecule has 2 aliphatic rings. The van der Waals surface area contributed by atoms with Gasteiger partial charge in [-0.25, -0.2) is 4.99 Å². The van der Waals surface area contributed by atoms with Crippen molar-refractivity contribution >= 4 is 17.4 Å². The number of hydrogen-bond acceptors (Lipinski definition) is 5. The third-order valence-corrected chi connectivity index (χ3v) is 6.54. The Balaban J connectivity index is 1.40. The van der Waals surface area contributed by atoms with Crippen molar-refractivity contribution in [2.45, 2.75) is 19.3 Å². The Morgan fingerprint density at radius 2 is 1.71 bits per heavy atom.